The number of rotatable bonds is 5. The van der Waals surface area contributed by atoms with Gasteiger partial charge in [0, 0.05) is 5.69 Å². The van der Waals surface area contributed by atoms with Gasteiger partial charge in [0.2, 0.25) is 10.0 Å². The summed E-state index contributed by atoms with van der Waals surface area (Å²) in [6.07, 6.45) is 0. The van der Waals surface area contributed by atoms with Crippen molar-refractivity contribution in [2.75, 3.05) is 38.0 Å². The van der Waals surface area contributed by atoms with Crippen LogP contribution in [0.15, 0.2) is 47.4 Å². The SMILES string of the molecule is Cc1ccc(S(=O)(=O)N2CC[NH+](CC(=O)Nc3cc(C)ccc3C)CC2)cc1. The van der Waals surface area contributed by atoms with Crippen LogP contribution in [0.5, 0.6) is 0 Å². The number of carbonyl (C=O) groups is 1. The molecule has 28 heavy (non-hydrogen) atoms. The van der Waals surface area contributed by atoms with Crippen molar-refractivity contribution in [2.45, 2.75) is 25.7 Å². The molecule has 1 saturated heterocycles. The van der Waals surface area contributed by atoms with Gasteiger partial charge >= 0.3 is 0 Å². The van der Waals surface area contributed by atoms with Gasteiger partial charge in [-0.3, -0.25) is 4.79 Å². The van der Waals surface area contributed by atoms with Crippen LogP contribution in [0.1, 0.15) is 16.7 Å². The Hall–Kier alpha value is -2.22. The summed E-state index contributed by atoms with van der Waals surface area (Å²) in [4.78, 5) is 13.8. The first-order chi connectivity index (χ1) is 13.3. The summed E-state index contributed by atoms with van der Waals surface area (Å²) in [7, 11) is -3.47. The summed E-state index contributed by atoms with van der Waals surface area (Å²) in [6, 6.07) is 12.9. The zero-order valence-corrected chi connectivity index (χ0v) is 17.5. The number of nitrogens with one attached hydrogen (secondary N) is 2. The molecule has 1 fully saturated rings. The fourth-order valence-electron chi connectivity index (χ4n) is 3.37. The van der Waals surface area contributed by atoms with Crippen LogP contribution in [0, 0.1) is 20.8 Å². The van der Waals surface area contributed by atoms with Crippen LogP contribution < -0.4 is 10.2 Å². The van der Waals surface area contributed by atoms with E-state index >= 15 is 0 Å². The average Bonchev–Trinajstić information content (AvgIpc) is 2.65. The number of hydrogen-bond acceptors (Lipinski definition) is 3. The summed E-state index contributed by atoms with van der Waals surface area (Å²) in [5.41, 5.74) is 4.00. The summed E-state index contributed by atoms with van der Waals surface area (Å²) in [5.74, 6) is -0.0430. The van der Waals surface area contributed by atoms with Crippen molar-refractivity contribution < 1.29 is 18.1 Å². The molecule has 0 aromatic heterocycles. The van der Waals surface area contributed by atoms with Gasteiger partial charge in [-0.25, -0.2) is 8.42 Å². The molecule has 150 valence electrons. The third-order valence-corrected chi connectivity index (χ3v) is 7.08. The van der Waals surface area contributed by atoms with E-state index < -0.39 is 10.0 Å². The van der Waals surface area contributed by atoms with Gasteiger partial charge in [-0.2, -0.15) is 4.31 Å². The molecule has 7 heteroatoms. The van der Waals surface area contributed by atoms with E-state index in [0.29, 0.717) is 37.6 Å². The largest absolute Gasteiger partial charge is 0.325 e. The number of amides is 1. The maximum atomic E-state index is 12.8. The fraction of sp³-hybridized carbons (Fsp3) is 0.381. The zero-order chi connectivity index (χ0) is 20.3. The molecule has 1 aliphatic heterocycles. The Morgan fingerprint density at radius 2 is 1.61 bits per heavy atom. The lowest BCUT2D eigenvalue weighted by Crippen LogP contribution is -3.15. The highest BCUT2D eigenvalue weighted by molar-refractivity contribution is 7.89. The highest BCUT2D eigenvalue weighted by Crippen LogP contribution is 2.17. The number of anilines is 1. The van der Waals surface area contributed by atoms with Crippen molar-refractivity contribution in [3.05, 3.63) is 59.2 Å². The minimum absolute atomic E-state index is 0.0430. The predicted molar refractivity (Wildman–Crippen MR) is 110 cm³/mol. The number of quaternary nitrogens is 1. The second-order valence-electron chi connectivity index (χ2n) is 7.51. The summed E-state index contributed by atoms with van der Waals surface area (Å²) in [5, 5.41) is 2.98. The third-order valence-electron chi connectivity index (χ3n) is 5.17. The van der Waals surface area contributed by atoms with E-state index in [4.69, 9.17) is 0 Å². The van der Waals surface area contributed by atoms with E-state index in [1.165, 1.54) is 4.31 Å². The van der Waals surface area contributed by atoms with Crippen molar-refractivity contribution >= 4 is 21.6 Å². The quantitative estimate of drug-likeness (QED) is 0.788. The summed E-state index contributed by atoms with van der Waals surface area (Å²) in [6.45, 7) is 8.31. The van der Waals surface area contributed by atoms with Crippen molar-refractivity contribution in [2.24, 2.45) is 0 Å². The summed E-state index contributed by atoms with van der Waals surface area (Å²) >= 11 is 0. The van der Waals surface area contributed by atoms with E-state index in [-0.39, 0.29) is 5.91 Å². The van der Waals surface area contributed by atoms with E-state index in [9.17, 15) is 13.2 Å². The molecule has 0 saturated carbocycles. The Morgan fingerprint density at radius 3 is 2.25 bits per heavy atom. The van der Waals surface area contributed by atoms with Crippen molar-refractivity contribution in [3.8, 4) is 0 Å². The van der Waals surface area contributed by atoms with Gasteiger partial charge < -0.3 is 10.2 Å². The molecule has 0 atom stereocenters. The standard InChI is InChI=1S/C21H27N3O3S/c1-16-5-8-19(9-6-16)28(26,27)24-12-10-23(11-13-24)15-21(25)22-20-14-17(2)4-7-18(20)3/h4-9,14H,10-13,15H2,1-3H3,(H,22,25)/p+1. The molecule has 0 aliphatic carbocycles. The zero-order valence-electron chi connectivity index (χ0n) is 16.7. The van der Waals surface area contributed by atoms with E-state index in [2.05, 4.69) is 5.32 Å². The number of carbonyl (C=O) groups excluding carboxylic acids is 1. The molecule has 2 aromatic rings. The maximum absolute atomic E-state index is 12.8. The van der Waals surface area contributed by atoms with Crippen LogP contribution in [-0.2, 0) is 14.8 Å². The van der Waals surface area contributed by atoms with Crippen molar-refractivity contribution in [1.82, 2.24) is 4.31 Å². The van der Waals surface area contributed by atoms with Crippen molar-refractivity contribution in [3.63, 3.8) is 0 Å². The number of piperazine rings is 1. The second-order valence-corrected chi connectivity index (χ2v) is 9.45. The van der Waals surface area contributed by atoms with E-state index in [0.717, 1.165) is 27.3 Å². The van der Waals surface area contributed by atoms with Crippen LogP contribution in [0.2, 0.25) is 0 Å². The first-order valence-electron chi connectivity index (χ1n) is 9.53. The van der Waals surface area contributed by atoms with Gasteiger partial charge in [-0.05, 0) is 50.1 Å². The predicted octanol–water partition coefficient (Wildman–Crippen LogP) is 1.14. The Balaban J connectivity index is 1.55. The molecular formula is C21H28N3O3S+. The number of nitrogens with zero attached hydrogens (tertiary/aromatic N) is 1. The number of aryl methyl sites for hydroxylation is 3. The molecule has 0 radical (unpaired) electrons. The van der Waals surface area contributed by atoms with Crippen LogP contribution in [0.25, 0.3) is 0 Å². The Morgan fingerprint density at radius 1 is 1.00 bits per heavy atom. The van der Waals surface area contributed by atoms with Gasteiger partial charge in [-0.1, -0.05) is 29.8 Å². The van der Waals surface area contributed by atoms with E-state index in [1.807, 2.05) is 51.1 Å². The maximum Gasteiger partial charge on any atom is 0.279 e. The average molecular weight is 403 g/mol. The van der Waals surface area contributed by atoms with E-state index in [1.54, 1.807) is 12.1 Å². The second kappa shape index (κ2) is 8.43. The highest BCUT2D eigenvalue weighted by atomic mass is 32.2. The van der Waals surface area contributed by atoms with Gasteiger partial charge in [0.15, 0.2) is 6.54 Å². The monoisotopic (exact) mass is 402 g/mol. The molecule has 6 nitrogen and oxygen atoms in total. The minimum atomic E-state index is -3.47. The lowest BCUT2D eigenvalue weighted by molar-refractivity contribution is -0.895. The van der Waals surface area contributed by atoms with Crippen LogP contribution in [-0.4, -0.2) is 51.4 Å². The van der Waals surface area contributed by atoms with Gasteiger partial charge in [0.1, 0.15) is 0 Å². The van der Waals surface area contributed by atoms with Crippen LogP contribution in [0.4, 0.5) is 5.69 Å². The van der Waals surface area contributed by atoms with Gasteiger partial charge in [0.05, 0.1) is 31.1 Å². The van der Waals surface area contributed by atoms with Gasteiger partial charge in [0.25, 0.3) is 5.91 Å². The normalized spacial score (nSPS) is 16.1. The lowest BCUT2D eigenvalue weighted by atomic mass is 10.1. The molecule has 1 heterocycles. The molecular weight excluding hydrogens is 374 g/mol. The van der Waals surface area contributed by atoms with Crippen LogP contribution >= 0.6 is 0 Å². The fourth-order valence-corrected chi connectivity index (χ4v) is 4.81. The molecule has 0 bridgehead atoms. The first-order valence-corrected chi connectivity index (χ1v) is 11.0. The number of benzene rings is 2. The Kier molecular flexibility index (Phi) is 6.17. The molecule has 2 aromatic carbocycles. The molecule has 0 spiro atoms. The molecule has 2 N–H and O–H groups in total. The van der Waals surface area contributed by atoms with Gasteiger partial charge in [-0.15, -0.1) is 0 Å². The Bertz CT molecular complexity index is 947. The molecule has 0 unspecified atom stereocenters. The molecule has 1 amide bonds. The first kappa shape index (κ1) is 20.5. The topological polar surface area (TPSA) is 70.9 Å². The number of hydrogen-bond donors (Lipinski definition) is 2. The highest BCUT2D eigenvalue weighted by Gasteiger charge is 2.31. The lowest BCUT2D eigenvalue weighted by Gasteiger charge is -2.31. The van der Waals surface area contributed by atoms with Crippen molar-refractivity contribution in [1.29, 1.82) is 0 Å². The molecule has 3 rings (SSSR count). The minimum Gasteiger partial charge on any atom is -0.325 e. The smallest absolute Gasteiger partial charge is 0.279 e. The molecule has 1 aliphatic rings. The summed E-state index contributed by atoms with van der Waals surface area (Å²) < 4.78 is 27.1. The Labute approximate surface area is 167 Å². The number of sulfonamides is 1. The van der Waals surface area contributed by atoms with Crippen LogP contribution in [0.3, 0.4) is 0 Å². The third kappa shape index (κ3) is 4.79.